The van der Waals surface area contributed by atoms with Crippen molar-refractivity contribution in [2.75, 3.05) is 0 Å². The van der Waals surface area contributed by atoms with Gasteiger partial charge in [-0.3, -0.25) is 18.9 Å². The highest BCUT2D eigenvalue weighted by molar-refractivity contribution is 14.1. The molecule has 0 saturated carbocycles. The molecule has 11 heavy (non-hydrogen) atoms. The molecular weight excluding hydrogens is 310 g/mol. The summed E-state index contributed by atoms with van der Waals surface area (Å²) in [4.78, 5) is 0. The van der Waals surface area contributed by atoms with E-state index in [1.807, 2.05) is 12.1 Å². The molecule has 2 N–H and O–H groups in total. The highest BCUT2D eigenvalue weighted by atomic mass is 127. The Bertz CT molecular complexity index is 244. The van der Waals surface area contributed by atoms with Crippen LogP contribution in [0.25, 0.3) is 0 Å². The highest BCUT2D eigenvalue weighted by Gasteiger charge is 2.00. The van der Waals surface area contributed by atoms with E-state index in [1.165, 1.54) is 3.69 Å². The lowest BCUT2D eigenvalue weighted by Crippen LogP contribution is -2.08. The molecule has 0 fully saturated rings. The van der Waals surface area contributed by atoms with Crippen LogP contribution in [0.15, 0.2) is 18.2 Å². The van der Waals surface area contributed by atoms with Gasteiger partial charge in [-0.05, 0) is 12.1 Å². The Morgan fingerprint density at radius 1 is 1.27 bits per heavy atom. The topological polar surface area (TPSA) is 31.5 Å². The van der Waals surface area contributed by atoms with Crippen molar-refractivity contribution in [2.45, 2.75) is 0 Å². The summed E-state index contributed by atoms with van der Waals surface area (Å²) in [5.74, 6) is 0. The largest absolute Gasteiger partial charge is 0.504 e. The summed E-state index contributed by atoms with van der Waals surface area (Å²) in [5.41, 5.74) is 0. The maximum absolute atomic E-state index is 5.88. The van der Waals surface area contributed by atoms with Crippen LogP contribution in [0.1, 0.15) is 0 Å². The van der Waals surface area contributed by atoms with Gasteiger partial charge in [0.1, 0.15) is 0 Å². The fourth-order valence-corrected chi connectivity index (χ4v) is 4.35. The maximum atomic E-state index is 5.88. The van der Waals surface area contributed by atoms with E-state index >= 15 is 0 Å². The molecule has 0 radical (unpaired) electrons. The van der Waals surface area contributed by atoms with Gasteiger partial charge in [-0.25, -0.2) is 0 Å². The minimum atomic E-state index is -0.174. The second kappa shape index (κ2) is 5.83. The van der Waals surface area contributed by atoms with E-state index in [1.54, 1.807) is 6.07 Å². The third-order valence-electron chi connectivity index (χ3n) is 1.16. The van der Waals surface area contributed by atoms with Crippen molar-refractivity contribution in [1.82, 2.24) is 0 Å². The van der Waals surface area contributed by atoms with Gasteiger partial charge in [-0.2, -0.15) is 0 Å². The van der Waals surface area contributed by atoms with E-state index in [0.717, 1.165) is 5.02 Å². The van der Waals surface area contributed by atoms with Crippen LogP contribution in [0.4, 0.5) is 0 Å². The standard InChI is InChI=1S/C6H3Cl2.HI.Mg.H2O/c7-5-2-1-3-6(8)4-5;;;/h1-2,4H;1H;;1H2/q;;+1;/p-1. The van der Waals surface area contributed by atoms with Crippen molar-refractivity contribution in [1.29, 1.82) is 0 Å². The van der Waals surface area contributed by atoms with E-state index < -0.39 is 0 Å². The van der Waals surface area contributed by atoms with E-state index in [9.17, 15) is 0 Å². The first-order valence-corrected chi connectivity index (χ1v) is 9.31. The summed E-state index contributed by atoms with van der Waals surface area (Å²) in [6.45, 7) is 0. The van der Waals surface area contributed by atoms with Crippen molar-refractivity contribution in [3.05, 3.63) is 28.2 Å². The molecular formula is C6H5Cl2IMgO. The second-order valence-electron chi connectivity index (χ2n) is 1.87. The Morgan fingerprint density at radius 3 is 2.36 bits per heavy atom. The monoisotopic (exact) mass is 314 g/mol. The molecule has 58 valence electrons. The Hall–Kier alpha value is 1.26. The van der Waals surface area contributed by atoms with Gasteiger partial charge >= 0.3 is 16.5 Å². The van der Waals surface area contributed by atoms with E-state index in [2.05, 4.69) is 18.9 Å². The van der Waals surface area contributed by atoms with Crippen LogP contribution >= 0.6 is 42.1 Å². The number of halogens is 3. The Kier molecular flexibility index (Phi) is 6.49. The van der Waals surface area contributed by atoms with Crippen LogP contribution in [0.5, 0.6) is 0 Å². The van der Waals surface area contributed by atoms with Gasteiger partial charge in [0, 0.05) is 10.0 Å². The molecule has 0 aliphatic rings. The van der Waals surface area contributed by atoms with Crippen LogP contribution in [0, 0.1) is 0 Å². The third-order valence-corrected chi connectivity index (χ3v) is 5.34. The van der Waals surface area contributed by atoms with Crippen molar-refractivity contribution in [2.24, 2.45) is 0 Å². The smallest absolute Gasteiger partial charge is 0.412 e. The number of hydrogen-bond donors (Lipinski definition) is 0. The molecule has 0 spiro atoms. The lowest BCUT2D eigenvalue weighted by molar-refractivity contribution is 0.824. The van der Waals surface area contributed by atoms with Gasteiger partial charge < -0.3 is 5.48 Å². The molecule has 5 heteroatoms. The molecule has 0 bridgehead atoms. The van der Waals surface area contributed by atoms with E-state index in [-0.39, 0.29) is 22.0 Å². The lowest BCUT2D eigenvalue weighted by Gasteiger charge is -1.98. The SMILES string of the molecule is Clc1cc[c]([Mg][I])c(Cl)c1.O. The van der Waals surface area contributed by atoms with Crippen LogP contribution in [0.3, 0.4) is 0 Å². The van der Waals surface area contributed by atoms with Crippen molar-refractivity contribution >= 4 is 62.2 Å². The second-order valence-corrected chi connectivity index (χ2v) is 6.03. The molecule has 0 saturated heterocycles. The van der Waals surface area contributed by atoms with Gasteiger partial charge in [0.25, 0.3) is 0 Å². The summed E-state index contributed by atoms with van der Waals surface area (Å²) in [5, 5.41) is 1.53. The van der Waals surface area contributed by atoms with Crippen molar-refractivity contribution in [3.8, 4) is 0 Å². The molecule has 1 rings (SSSR count). The van der Waals surface area contributed by atoms with E-state index in [4.69, 9.17) is 23.2 Å². The van der Waals surface area contributed by atoms with Gasteiger partial charge in [0.05, 0.1) is 0 Å². The van der Waals surface area contributed by atoms with Crippen molar-refractivity contribution in [3.63, 3.8) is 0 Å². The summed E-state index contributed by atoms with van der Waals surface area (Å²) >= 11 is 13.8. The van der Waals surface area contributed by atoms with Crippen LogP contribution in [-0.4, -0.2) is 22.0 Å². The molecule has 0 unspecified atom stereocenters. The first-order valence-electron chi connectivity index (χ1n) is 2.74. The Balaban J connectivity index is 0.000001000. The minimum Gasteiger partial charge on any atom is -0.412 e. The van der Waals surface area contributed by atoms with Crippen LogP contribution in [-0.2, 0) is 0 Å². The lowest BCUT2D eigenvalue weighted by atomic mass is 10.4. The van der Waals surface area contributed by atoms with E-state index in [0.29, 0.717) is 5.02 Å². The summed E-state index contributed by atoms with van der Waals surface area (Å²) < 4.78 is 1.27. The average molecular weight is 315 g/mol. The van der Waals surface area contributed by atoms with Gasteiger partial charge in [0.2, 0.25) is 0 Å². The number of rotatable bonds is 1. The predicted molar refractivity (Wildman–Crippen MR) is 59.5 cm³/mol. The average Bonchev–Trinajstić information content (AvgIpc) is 1.88. The van der Waals surface area contributed by atoms with Crippen LogP contribution < -0.4 is 3.69 Å². The van der Waals surface area contributed by atoms with Crippen molar-refractivity contribution < 1.29 is 5.48 Å². The fraction of sp³-hybridized carbons (Fsp3) is 0. The minimum absolute atomic E-state index is 0. The molecule has 0 aromatic heterocycles. The molecule has 0 atom stereocenters. The highest BCUT2D eigenvalue weighted by Crippen LogP contribution is 2.13. The zero-order valence-electron chi connectivity index (χ0n) is 5.57. The molecule has 1 aromatic carbocycles. The number of hydrogen-bond acceptors (Lipinski definition) is 0. The van der Waals surface area contributed by atoms with Gasteiger partial charge in [-0.15, -0.1) is 3.69 Å². The molecule has 1 nitrogen and oxygen atoms in total. The molecule has 1 aromatic rings. The Morgan fingerprint density at radius 2 is 1.91 bits per heavy atom. The molecule has 0 amide bonds. The molecule has 0 aliphatic heterocycles. The summed E-state index contributed by atoms with van der Waals surface area (Å²) in [6, 6.07) is 5.68. The quantitative estimate of drug-likeness (QED) is 0.560. The molecule has 0 aliphatic carbocycles. The summed E-state index contributed by atoms with van der Waals surface area (Å²) in [6.07, 6.45) is 0. The molecule has 0 heterocycles. The normalized spacial score (nSPS) is 8.27. The predicted octanol–water partition coefficient (Wildman–Crippen LogP) is 1.85. The zero-order chi connectivity index (χ0) is 7.56. The van der Waals surface area contributed by atoms with Gasteiger partial charge in [0.15, 0.2) is 0 Å². The fourth-order valence-electron chi connectivity index (χ4n) is 0.630. The first kappa shape index (κ1) is 12.3. The summed E-state index contributed by atoms with van der Waals surface area (Å²) in [7, 11) is 0. The third kappa shape index (κ3) is 3.65. The van der Waals surface area contributed by atoms with Gasteiger partial charge in [-0.1, -0.05) is 29.3 Å². The maximum Gasteiger partial charge on any atom is 0.504 e. The van der Waals surface area contributed by atoms with Crippen LogP contribution in [0.2, 0.25) is 10.0 Å². The first-order chi connectivity index (χ1) is 4.74. The Labute approximate surface area is 94.9 Å². The zero-order valence-corrected chi connectivity index (χ0v) is 10.7. The number of benzene rings is 1.